The molecule has 98 valence electrons. The summed E-state index contributed by atoms with van der Waals surface area (Å²) in [5.74, 6) is 0.895. The van der Waals surface area contributed by atoms with Crippen molar-refractivity contribution in [3.63, 3.8) is 0 Å². The minimum atomic E-state index is -0.581. The molecule has 1 amide bonds. The van der Waals surface area contributed by atoms with Gasteiger partial charge in [-0.2, -0.15) is 0 Å². The predicted molar refractivity (Wildman–Crippen MR) is 70.2 cm³/mol. The highest BCUT2D eigenvalue weighted by molar-refractivity contribution is 5.89. The van der Waals surface area contributed by atoms with Crippen LogP contribution in [-0.2, 0) is 11.3 Å². The third kappa shape index (κ3) is 2.64. The lowest BCUT2D eigenvalue weighted by molar-refractivity contribution is -0.134. The lowest BCUT2D eigenvalue weighted by Crippen LogP contribution is -2.45. The Morgan fingerprint density at radius 3 is 2.44 bits per heavy atom. The first-order chi connectivity index (χ1) is 8.59. The number of amides is 1. The van der Waals surface area contributed by atoms with Crippen molar-refractivity contribution in [2.75, 3.05) is 13.7 Å². The van der Waals surface area contributed by atoms with E-state index >= 15 is 0 Å². The highest BCUT2D eigenvalue weighted by atomic mass is 16.5. The van der Waals surface area contributed by atoms with Crippen LogP contribution >= 0.6 is 0 Å². The number of hydrogen-bond acceptors (Lipinski definition) is 3. The van der Waals surface area contributed by atoms with E-state index in [-0.39, 0.29) is 5.91 Å². The Morgan fingerprint density at radius 2 is 2.00 bits per heavy atom. The fraction of sp³-hybridized carbons (Fsp3) is 0.500. The van der Waals surface area contributed by atoms with Gasteiger partial charge in [0.25, 0.3) is 0 Å². The van der Waals surface area contributed by atoms with Crippen molar-refractivity contribution in [1.29, 1.82) is 0 Å². The summed E-state index contributed by atoms with van der Waals surface area (Å²) in [6.45, 7) is 3.27. The SMILES string of the molecule is CCN(Cc1ccc(OC)cc1)C(=O)C1(N)CC1. The molecular weight excluding hydrogens is 228 g/mol. The van der Waals surface area contributed by atoms with Crippen molar-refractivity contribution in [1.82, 2.24) is 4.90 Å². The summed E-state index contributed by atoms with van der Waals surface area (Å²) in [4.78, 5) is 14.0. The maximum absolute atomic E-state index is 12.2. The second kappa shape index (κ2) is 4.98. The third-order valence-electron chi connectivity index (χ3n) is 3.42. The summed E-state index contributed by atoms with van der Waals surface area (Å²) in [6.07, 6.45) is 1.62. The Labute approximate surface area is 108 Å². The molecule has 1 aliphatic carbocycles. The van der Waals surface area contributed by atoms with E-state index in [9.17, 15) is 4.79 Å². The smallest absolute Gasteiger partial charge is 0.242 e. The molecule has 1 fully saturated rings. The van der Waals surface area contributed by atoms with Gasteiger partial charge in [-0.3, -0.25) is 4.79 Å². The van der Waals surface area contributed by atoms with Crippen LogP contribution in [-0.4, -0.2) is 30.0 Å². The number of methoxy groups -OCH3 is 1. The normalized spacial score (nSPS) is 16.2. The van der Waals surface area contributed by atoms with Crippen molar-refractivity contribution < 1.29 is 9.53 Å². The molecule has 0 aromatic heterocycles. The van der Waals surface area contributed by atoms with Crippen LogP contribution in [0.4, 0.5) is 0 Å². The average Bonchev–Trinajstić information content (AvgIpc) is 3.15. The van der Waals surface area contributed by atoms with Crippen molar-refractivity contribution in [2.45, 2.75) is 31.8 Å². The van der Waals surface area contributed by atoms with E-state index < -0.39 is 5.54 Å². The summed E-state index contributed by atoms with van der Waals surface area (Å²) in [7, 11) is 1.64. The van der Waals surface area contributed by atoms with Crippen LogP contribution in [0.3, 0.4) is 0 Å². The Kier molecular flexibility index (Phi) is 3.57. The van der Waals surface area contributed by atoms with Crippen molar-refractivity contribution in [3.8, 4) is 5.75 Å². The van der Waals surface area contributed by atoms with Gasteiger partial charge in [-0.1, -0.05) is 12.1 Å². The van der Waals surface area contributed by atoms with Gasteiger partial charge in [0.1, 0.15) is 5.75 Å². The van der Waals surface area contributed by atoms with Crippen LogP contribution in [0.1, 0.15) is 25.3 Å². The van der Waals surface area contributed by atoms with Gasteiger partial charge in [0.05, 0.1) is 12.6 Å². The lowest BCUT2D eigenvalue weighted by atomic mass is 10.1. The molecule has 4 heteroatoms. The highest BCUT2D eigenvalue weighted by Gasteiger charge is 2.47. The van der Waals surface area contributed by atoms with Gasteiger partial charge in [0, 0.05) is 13.1 Å². The second-order valence-electron chi connectivity index (χ2n) is 4.82. The number of carbonyl (C=O) groups excluding carboxylic acids is 1. The first-order valence-electron chi connectivity index (χ1n) is 6.30. The molecule has 0 heterocycles. The van der Waals surface area contributed by atoms with Crippen LogP contribution in [0.5, 0.6) is 5.75 Å². The number of ether oxygens (including phenoxy) is 1. The molecule has 0 saturated heterocycles. The molecule has 18 heavy (non-hydrogen) atoms. The summed E-state index contributed by atoms with van der Waals surface area (Å²) in [5, 5.41) is 0. The summed E-state index contributed by atoms with van der Waals surface area (Å²) < 4.78 is 5.11. The van der Waals surface area contributed by atoms with E-state index in [0.29, 0.717) is 13.1 Å². The molecule has 1 saturated carbocycles. The van der Waals surface area contributed by atoms with Crippen LogP contribution in [0.2, 0.25) is 0 Å². The van der Waals surface area contributed by atoms with Gasteiger partial charge >= 0.3 is 0 Å². The number of hydrogen-bond donors (Lipinski definition) is 1. The van der Waals surface area contributed by atoms with E-state index in [1.165, 1.54) is 0 Å². The van der Waals surface area contributed by atoms with E-state index in [0.717, 1.165) is 24.2 Å². The molecule has 1 aliphatic rings. The first kappa shape index (κ1) is 12.9. The molecule has 0 radical (unpaired) electrons. The highest BCUT2D eigenvalue weighted by Crippen LogP contribution is 2.34. The molecule has 2 N–H and O–H groups in total. The van der Waals surface area contributed by atoms with E-state index in [4.69, 9.17) is 10.5 Å². The van der Waals surface area contributed by atoms with Crippen molar-refractivity contribution >= 4 is 5.91 Å². The number of rotatable bonds is 5. The fourth-order valence-electron chi connectivity index (χ4n) is 1.94. The zero-order chi connectivity index (χ0) is 13.2. The number of carbonyl (C=O) groups is 1. The molecular formula is C14H20N2O2. The largest absolute Gasteiger partial charge is 0.497 e. The third-order valence-corrected chi connectivity index (χ3v) is 3.42. The zero-order valence-electron chi connectivity index (χ0n) is 11.0. The van der Waals surface area contributed by atoms with E-state index in [1.807, 2.05) is 36.1 Å². The number of likely N-dealkylation sites (N-methyl/N-ethyl adjacent to an activating group) is 1. The quantitative estimate of drug-likeness (QED) is 0.860. The van der Waals surface area contributed by atoms with E-state index in [2.05, 4.69) is 0 Å². The van der Waals surface area contributed by atoms with Crippen LogP contribution in [0, 0.1) is 0 Å². The van der Waals surface area contributed by atoms with Crippen molar-refractivity contribution in [2.24, 2.45) is 5.73 Å². The Bertz CT molecular complexity index is 424. The molecule has 1 aromatic rings. The molecule has 0 atom stereocenters. The standard InChI is InChI=1S/C14H20N2O2/c1-3-16(13(17)14(15)8-9-14)10-11-4-6-12(18-2)7-5-11/h4-7H,3,8-10,15H2,1-2H3. The summed E-state index contributed by atoms with van der Waals surface area (Å²) in [6, 6.07) is 7.77. The van der Waals surface area contributed by atoms with Gasteiger partial charge in [0.2, 0.25) is 5.91 Å². The lowest BCUT2D eigenvalue weighted by Gasteiger charge is -2.24. The topological polar surface area (TPSA) is 55.6 Å². The second-order valence-corrected chi connectivity index (χ2v) is 4.82. The fourth-order valence-corrected chi connectivity index (χ4v) is 1.94. The minimum absolute atomic E-state index is 0.0702. The molecule has 0 bridgehead atoms. The van der Waals surface area contributed by atoms with Gasteiger partial charge in [-0.05, 0) is 37.5 Å². The molecule has 2 rings (SSSR count). The predicted octanol–water partition coefficient (Wildman–Crippen LogP) is 1.53. The summed E-state index contributed by atoms with van der Waals surface area (Å²) in [5.41, 5.74) is 6.47. The first-order valence-corrected chi connectivity index (χ1v) is 6.30. The Balaban J connectivity index is 2.03. The monoisotopic (exact) mass is 248 g/mol. The Hall–Kier alpha value is -1.55. The van der Waals surface area contributed by atoms with Crippen molar-refractivity contribution in [3.05, 3.63) is 29.8 Å². The van der Waals surface area contributed by atoms with Gasteiger partial charge in [-0.25, -0.2) is 0 Å². The molecule has 0 aliphatic heterocycles. The molecule has 4 nitrogen and oxygen atoms in total. The molecule has 0 spiro atoms. The van der Waals surface area contributed by atoms with Gasteiger partial charge in [0.15, 0.2) is 0 Å². The van der Waals surface area contributed by atoms with Gasteiger partial charge < -0.3 is 15.4 Å². The maximum Gasteiger partial charge on any atom is 0.242 e. The van der Waals surface area contributed by atoms with Crippen LogP contribution in [0.25, 0.3) is 0 Å². The van der Waals surface area contributed by atoms with E-state index in [1.54, 1.807) is 7.11 Å². The average molecular weight is 248 g/mol. The summed E-state index contributed by atoms with van der Waals surface area (Å²) >= 11 is 0. The number of nitrogens with two attached hydrogens (primary N) is 1. The Morgan fingerprint density at radius 1 is 1.39 bits per heavy atom. The minimum Gasteiger partial charge on any atom is -0.497 e. The van der Waals surface area contributed by atoms with Gasteiger partial charge in [-0.15, -0.1) is 0 Å². The number of benzene rings is 1. The van der Waals surface area contributed by atoms with Crippen LogP contribution in [0.15, 0.2) is 24.3 Å². The molecule has 1 aromatic carbocycles. The van der Waals surface area contributed by atoms with Crippen LogP contribution < -0.4 is 10.5 Å². The maximum atomic E-state index is 12.2. The molecule has 0 unspecified atom stereocenters. The zero-order valence-corrected chi connectivity index (χ0v) is 11.0. The number of nitrogens with zero attached hydrogens (tertiary/aromatic N) is 1.